The molecule has 1 aliphatic heterocycles. The van der Waals surface area contributed by atoms with E-state index in [1.54, 1.807) is 12.1 Å². The molecule has 1 fully saturated rings. The molecule has 0 saturated carbocycles. The molecule has 1 saturated heterocycles. The first kappa shape index (κ1) is 16.1. The first-order valence-corrected chi connectivity index (χ1v) is 7.80. The number of thioether (sulfide) groups is 1. The third-order valence-electron chi connectivity index (χ3n) is 2.90. The standard InChI is InChI=1S/C13H13ClN2O3S2/c1-7-3-9(10(19-2)4-8(7)14)15-11(17)5-16-12(18)6-21-13(16)20/h3-4H,5-6H2,1-2H3,(H,15,17). The minimum absolute atomic E-state index is 0.102. The monoisotopic (exact) mass is 344 g/mol. The number of anilines is 1. The second-order valence-electron chi connectivity index (χ2n) is 4.38. The molecule has 0 aromatic heterocycles. The number of benzene rings is 1. The lowest BCUT2D eigenvalue weighted by Gasteiger charge is -2.16. The van der Waals surface area contributed by atoms with Crippen molar-refractivity contribution in [1.29, 1.82) is 0 Å². The van der Waals surface area contributed by atoms with Gasteiger partial charge in [0.25, 0.3) is 0 Å². The number of aryl methyl sites for hydroxylation is 1. The number of halogens is 1. The van der Waals surface area contributed by atoms with E-state index in [0.717, 1.165) is 5.56 Å². The number of rotatable bonds is 4. The Hall–Kier alpha value is -1.31. The molecule has 112 valence electrons. The number of nitrogens with zero attached hydrogens (tertiary/aromatic N) is 1. The van der Waals surface area contributed by atoms with Gasteiger partial charge in [-0.2, -0.15) is 0 Å². The summed E-state index contributed by atoms with van der Waals surface area (Å²) in [6.45, 7) is 1.72. The van der Waals surface area contributed by atoms with Crippen molar-refractivity contribution in [3.05, 3.63) is 22.7 Å². The molecule has 0 atom stereocenters. The number of thiocarbonyl (C=S) groups is 1. The Labute approximate surface area is 137 Å². The molecule has 8 heteroatoms. The maximum atomic E-state index is 12.1. The van der Waals surface area contributed by atoms with Crippen molar-refractivity contribution in [1.82, 2.24) is 4.90 Å². The molecule has 1 heterocycles. The van der Waals surface area contributed by atoms with Crippen molar-refractivity contribution in [2.24, 2.45) is 0 Å². The largest absolute Gasteiger partial charge is 0.495 e. The summed E-state index contributed by atoms with van der Waals surface area (Å²) in [6, 6.07) is 3.35. The zero-order valence-corrected chi connectivity index (χ0v) is 13.8. The minimum Gasteiger partial charge on any atom is -0.495 e. The minimum atomic E-state index is -0.340. The molecule has 0 bridgehead atoms. The van der Waals surface area contributed by atoms with Crippen LogP contribution in [0, 0.1) is 6.92 Å². The molecule has 0 radical (unpaired) electrons. The van der Waals surface area contributed by atoms with Gasteiger partial charge < -0.3 is 10.1 Å². The fraction of sp³-hybridized carbons (Fsp3) is 0.308. The maximum Gasteiger partial charge on any atom is 0.244 e. The lowest BCUT2D eigenvalue weighted by atomic mass is 10.2. The van der Waals surface area contributed by atoms with E-state index in [1.165, 1.54) is 23.8 Å². The highest BCUT2D eigenvalue weighted by Crippen LogP contribution is 2.31. The number of carbonyl (C=O) groups excluding carboxylic acids is 2. The molecule has 1 aliphatic rings. The van der Waals surface area contributed by atoms with E-state index in [2.05, 4.69) is 5.32 Å². The van der Waals surface area contributed by atoms with Crippen molar-refractivity contribution in [2.45, 2.75) is 6.92 Å². The van der Waals surface area contributed by atoms with Gasteiger partial charge in [0.15, 0.2) is 0 Å². The molecule has 2 rings (SSSR count). The SMILES string of the molecule is COc1cc(Cl)c(C)cc1NC(=O)CN1C(=O)CSC1=S. The number of amides is 2. The van der Waals surface area contributed by atoms with E-state index in [4.69, 9.17) is 28.6 Å². The van der Waals surface area contributed by atoms with Gasteiger partial charge in [-0.25, -0.2) is 0 Å². The molecule has 0 spiro atoms. The van der Waals surface area contributed by atoms with Crippen LogP contribution in [-0.4, -0.2) is 40.4 Å². The number of nitrogens with one attached hydrogen (secondary N) is 1. The van der Waals surface area contributed by atoms with E-state index < -0.39 is 0 Å². The van der Waals surface area contributed by atoms with Crippen LogP contribution in [0.25, 0.3) is 0 Å². The average Bonchev–Trinajstić information content (AvgIpc) is 2.74. The van der Waals surface area contributed by atoms with Gasteiger partial charge >= 0.3 is 0 Å². The summed E-state index contributed by atoms with van der Waals surface area (Å²) in [4.78, 5) is 24.9. The Kier molecular flexibility index (Phi) is 5.08. The number of hydrogen-bond donors (Lipinski definition) is 1. The van der Waals surface area contributed by atoms with Crippen LogP contribution < -0.4 is 10.1 Å². The van der Waals surface area contributed by atoms with Crippen LogP contribution in [0.15, 0.2) is 12.1 Å². The molecular weight excluding hydrogens is 332 g/mol. The van der Waals surface area contributed by atoms with E-state index in [9.17, 15) is 9.59 Å². The van der Waals surface area contributed by atoms with Crippen LogP contribution in [0.3, 0.4) is 0 Å². The van der Waals surface area contributed by atoms with Gasteiger partial charge in [0.2, 0.25) is 11.8 Å². The van der Waals surface area contributed by atoms with E-state index in [-0.39, 0.29) is 24.1 Å². The van der Waals surface area contributed by atoms with Crippen LogP contribution in [0.4, 0.5) is 5.69 Å². The summed E-state index contributed by atoms with van der Waals surface area (Å²) in [5, 5.41) is 3.27. The van der Waals surface area contributed by atoms with Crippen LogP contribution in [0.2, 0.25) is 5.02 Å². The van der Waals surface area contributed by atoms with E-state index in [0.29, 0.717) is 20.8 Å². The Morgan fingerprint density at radius 2 is 2.29 bits per heavy atom. The summed E-state index contributed by atoms with van der Waals surface area (Å²) < 4.78 is 5.61. The number of carbonyl (C=O) groups is 2. The Morgan fingerprint density at radius 3 is 2.86 bits per heavy atom. The van der Waals surface area contributed by atoms with Gasteiger partial charge in [-0.1, -0.05) is 35.6 Å². The predicted octanol–water partition coefficient (Wildman–Crippen LogP) is 2.46. The first-order valence-electron chi connectivity index (χ1n) is 6.03. The Bertz CT molecular complexity index is 606. The number of methoxy groups -OCH3 is 1. The molecule has 0 unspecified atom stereocenters. The lowest BCUT2D eigenvalue weighted by Crippen LogP contribution is -2.36. The van der Waals surface area contributed by atoms with Crippen LogP contribution in [-0.2, 0) is 9.59 Å². The zero-order chi connectivity index (χ0) is 15.6. The van der Waals surface area contributed by atoms with Gasteiger partial charge in [0.05, 0.1) is 18.6 Å². The third-order valence-corrected chi connectivity index (χ3v) is 4.74. The van der Waals surface area contributed by atoms with Crippen LogP contribution in [0.1, 0.15) is 5.56 Å². The van der Waals surface area contributed by atoms with Crippen molar-refractivity contribution >= 4 is 57.4 Å². The van der Waals surface area contributed by atoms with Gasteiger partial charge in [0, 0.05) is 11.1 Å². The fourth-order valence-corrected chi connectivity index (χ4v) is 3.02. The van der Waals surface area contributed by atoms with Gasteiger partial charge in [-0.05, 0) is 18.6 Å². The molecule has 0 aliphatic carbocycles. The predicted molar refractivity (Wildman–Crippen MR) is 88.1 cm³/mol. The molecule has 21 heavy (non-hydrogen) atoms. The average molecular weight is 345 g/mol. The van der Waals surface area contributed by atoms with Gasteiger partial charge in [-0.15, -0.1) is 0 Å². The Morgan fingerprint density at radius 1 is 1.57 bits per heavy atom. The second-order valence-corrected chi connectivity index (χ2v) is 6.40. The van der Waals surface area contributed by atoms with Crippen molar-refractivity contribution in [3.63, 3.8) is 0 Å². The second kappa shape index (κ2) is 6.64. The van der Waals surface area contributed by atoms with Crippen LogP contribution in [0.5, 0.6) is 5.75 Å². The summed E-state index contributed by atoms with van der Waals surface area (Å²) in [5.74, 6) is 0.256. The van der Waals surface area contributed by atoms with Crippen molar-refractivity contribution in [2.75, 3.05) is 24.7 Å². The topological polar surface area (TPSA) is 58.6 Å². The summed E-state index contributed by atoms with van der Waals surface area (Å²) in [6.07, 6.45) is 0. The molecule has 5 nitrogen and oxygen atoms in total. The highest BCUT2D eigenvalue weighted by atomic mass is 35.5. The zero-order valence-electron chi connectivity index (χ0n) is 11.4. The molecule has 1 aromatic rings. The fourth-order valence-electron chi connectivity index (χ4n) is 1.80. The van der Waals surface area contributed by atoms with Gasteiger partial charge in [-0.3, -0.25) is 14.5 Å². The summed E-state index contributed by atoms with van der Waals surface area (Å²) in [5.41, 5.74) is 1.32. The quantitative estimate of drug-likeness (QED) is 0.850. The van der Waals surface area contributed by atoms with Crippen LogP contribution >= 0.6 is 35.6 Å². The lowest BCUT2D eigenvalue weighted by molar-refractivity contribution is -0.128. The number of ether oxygens (including phenoxy) is 1. The molecular formula is C13H13ClN2O3S2. The number of hydrogen-bond acceptors (Lipinski definition) is 5. The summed E-state index contributed by atoms with van der Waals surface area (Å²) in [7, 11) is 1.49. The molecule has 1 aromatic carbocycles. The normalized spacial score (nSPS) is 14.5. The third kappa shape index (κ3) is 3.66. The highest BCUT2D eigenvalue weighted by molar-refractivity contribution is 8.23. The van der Waals surface area contributed by atoms with E-state index >= 15 is 0 Å². The van der Waals surface area contributed by atoms with Gasteiger partial charge in [0.1, 0.15) is 16.6 Å². The van der Waals surface area contributed by atoms with E-state index in [1.807, 2.05) is 6.92 Å². The molecule has 1 N–H and O–H groups in total. The smallest absolute Gasteiger partial charge is 0.244 e. The van der Waals surface area contributed by atoms with Crippen molar-refractivity contribution < 1.29 is 14.3 Å². The Balaban J connectivity index is 2.11. The summed E-state index contributed by atoms with van der Waals surface area (Å²) >= 11 is 12.3. The highest BCUT2D eigenvalue weighted by Gasteiger charge is 2.28. The van der Waals surface area contributed by atoms with Crippen molar-refractivity contribution in [3.8, 4) is 5.75 Å². The molecule has 2 amide bonds. The first-order chi connectivity index (χ1) is 9.92. The maximum absolute atomic E-state index is 12.1.